The lowest BCUT2D eigenvalue weighted by atomic mass is 9.94. The Morgan fingerprint density at radius 1 is 1.03 bits per heavy atom. The van der Waals surface area contributed by atoms with Gasteiger partial charge in [-0.1, -0.05) is 26.0 Å². The molecule has 156 valence electrons. The zero-order valence-corrected chi connectivity index (χ0v) is 17.9. The molecule has 0 unspecified atom stereocenters. The van der Waals surface area contributed by atoms with Crippen LogP contribution in [0.3, 0.4) is 0 Å². The molecule has 0 radical (unpaired) electrons. The molecule has 1 fully saturated rings. The highest BCUT2D eigenvalue weighted by Crippen LogP contribution is 2.27. The smallest absolute Gasteiger partial charge is 0.255 e. The first kappa shape index (κ1) is 21.5. The maximum absolute atomic E-state index is 12.9. The second-order valence-electron chi connectivity index (χ2n) is 7.88. The lowest BCUT2D eigenvalue weighted by Gasteiger charge is -2.34. The van der Waals surface area contributed by atoms with Gasteiger partial charge in [0, 0.05) is 31.5 Å². The fraction of sp³-hybridized carbons (Fsp3) is 0.409. The maximum Gasteiger partial charge on any atom is 0.255 e. The molecule has 1 heterocycles. The third-order valence-electron chi connectivity index (χ3n) is 5.11. The normalized spacial score (nSPS) is 20.4. The Hall–Kier alpha value is -2.22. The Kier molecular flexibility index (Phi) is 6.72. The standard InChI is InChI=1S/C22H28N2O4S/c1-16-12-17(2)14-24(13-16)29(26,27)21-10-8-20(9-11-21)23-22(25)19-6-4-18(5-7-19)15-28-3/h4-11,16-17H,12-15H2,1-3H3,(H,23,25)/t16-,17-/m1/s1. The molecule has 0 aliphatic carbocycles. The summed E-state index contributed by atoms with van der Waals surface area (Å²) in [6.45, 7) is 5.75. The molecule has 6 nitrogen and oxygen atoms in total. The van der Waals surface area contributed by atoms with Crippen LogP contribution in [0, 0.1) is 11.8 Å². The van der Waals surface area contributed by atoms with Gasteiger partial charge >= 0.3 is 0 Å². The van der Waals surface area contributed by atoms with Crippen molar-refractivity contribution in [2.75, 3.05) is 25.5 Å². The van der Waals surface area contributed by atoms with Gasteiger partial charge in [0.05, 0.1) is 11.5 Å². The first-order valence-corrected chi connectivity index (χ1v) is 11.2. The van der Waals surface area contributed by atoms with Crippen molar-refractivity contribution in [2.45, 2.75) is 31.8 Å². The van der Waals surface area contributed by atoms with Crippen molar-refractivity contribution < 1.29 is 17.9 Å². The van der Waals surface area contributed by atoms with E-state index in [1.54, 1.807) is 47.8 Å². The number of carbonyl (C=O) groups excluding carboxylic acids is 1. The Morgan fingerprint density at radius 3 is 2.17 bits per heavy atom. The Balaban J connectivity index is 1.68. The molecule has 2 atom stereocenters. The van der Waals surface area contributed by atoms with Crippen LogP contribution in [-0.4, -0.2) is 38.8 Å². The van der Waals surface area contributed by atoms with E-state index < -0.39 is 10.0 Å². The maximum atomic E-state index is 12.9. The van der Waals surface area contributed by atoms with Crippen LogP contribution in [0.5, 0.6) is 0 Å². The number of hydrogen-bond donors (Lipinski definition) is 1. The Bertz CT molecular complexity index is 930. The second kappa shape index (κ2) is 9.07. The first-order valence-electron chi connectivity index (χ1n) is 9.79. The number of methoxy groups -OCH3 is 1. The number of ether oxygens (including phenoxy) is 1. The molecule has 0 bridgehead atoms. The number of nitrogens with one attached hydrogen (secondary N) is 1. The van der Waals surface area contributed by atoms with Crippen molar-refractivity contribution in [2.24, 2.45) is 11.8 Å². The number of benzene rings is 2. The van der Waals surface area contributed by atoms with Gasteiger partial charge in [0.15, 0.2) is 0 Å². The number of anilines is 1. The van der Waals surface area contributed by atoms with Gasteiger partial charge in [-0.3, -0.25) is 4.79 Å². The first-order chi connectivity index (χ1) is 13.8. The van der Waals surface area contributed by atoms with E-state index in [1.165, 1.54) is 0 Å². The van der Waals surface area contributed by atoms with Crippen molar-refractivity contribution in [1.82, 2.24) is 4.31 Å². The zero-order chi connectivity index (χ0) is 21.0. The van der Waals surface area contributed by atoms with Crippen molar-refractivity contribution in [1.29, 1.82) is 0 Å². The highest BCUT2D eigenvalue weighted by molar-refractivity contribution is 7.89. The Labute approximate surface area is 172 Å². The predicted octanol–water partition coefficient (Wildman–Crippen LogP) is 3.75. The number of piperidine rings is 1. The molecule has 0 saturated carbocycles. The summed E-state index contributed by atoms with van der Waals surface area (Å²) < 4.78 is 32.5. The van der Waals surface area contributed by atoms with Crippen LogP contribution in [0.2, 0.25) is 0 Å². The second-order valence-corrected chi connectivity index (χ2v) is 9.81. The van der Waals surface area contributed by atoms with E-state index in [2.05, 4.69) is 19.2 Å². The molecule has 0 aromatic heterocycles. The molecule has 2 aromatic rings. The number of amides is 1. The van der Waals surface area contributed by atoms with Crippen molar-refractivity contribution in [3.05, 3.63) is 59.7 Å². The lowest BCUT2D eigenvalue weighted by Crippen LogP contribution is -2.42. The molecule has 1 saturated heterocycles. The molecule has 2 aromatic carbocycles. The third-order valence-corrected chi connectivity index (χ3v) is 6.96. The van der Waals surface area contributed by atoms with Gasteiger partial charge in [0.1, 0.15) is 0 Å². The molecular formula is C22H28N2O4S. The van der Waals surface area contributed by atoms with Crippen LogP contribution in [-0.2, 0) is 21.4 Å². The van der Waals surface area contributed by atoms with Crippen LogP contribution < -0.4 is 5.32 Å². The van der Waals surface area contributed by atoms with E-state index in [4.69, 9.17) is 4.74 Å². The largest absolute Gasteiger partial charge is 0.380 e. The fourth-order valence-electron chi connectivity index (χ4n) is 3.78. The van der Waals surface area contributed by atoms with Crippen molar-refractivity contribution >= 4 is 21.6 Å². The average molecular weight is 417 g/mol. The van der Waals surface area contributed by atoms with Crippen LogP contribution in [0.1, 0.15) is 36.2 Å². The van der Waals surface area contributed by atoms with E-state index in [0.717, 1.165) is 12.0 Å². The summed E-state index contributed by atoms with van der Waals surface area (Å²) >= 11 is 0. The van der Waals surface area contributed by atoms with E-state index in [-0.39, 0.29) is 10.8 Å². The molecule has 29 heavy (non-hydrogen) atoms. The van der Waals surface area contributed by atoms with Crippen molar-refractivity contribution in [3.63, 3.8) is 0 Å². The topological polar surface area (TPSA) is 75.7 Å². The molecular weight excluding hydrogens is 388 g/mol. The number of rotatable bonds is 6. The lowest BCUT2D eigenvalue weighted by molar-refractivity contribution is 0.102. The van der Waals surface area contributed by atoms with Crippen LogP contribution in [0.4, 0.5) is 5.69 Å². The van der Waals surface area contributed by atoms with E-state index in [9.17, 15) is 13.2 Å². The van der Waals surface area contributed by atoms with Crippen molar-refractivity contribution in [3.8, 4) is 0 Å². The number of carbonyl (C=O) groups is 1. The Morgan fingerprint density at radius 2 is 1.62 bits per heavy atom. The fourth-order valence-corrected chi connectivity index (χ4v) is 5.46. The van der Waals surface area contributed by atoms with E-state index in [0.29, 0.717) is 42.8 Å². The summed E-state index contributed by atoms with van der Waals surface area (Å²) in [4.78, 5) is 12.7. The zero-order valence-electron chi connectivity index (χ0n) is 17.1. The molecule has 3 rings (SSSR count). The molecule has 1 N–H and O–H groups in total. The minimum absolute atomic E-state index is 0.247. The van der Waals surface area contributed by atoms with Gasteiger partial charge in [0.2, 0.25) is 10.0 Å². The van der Waals surface area contributed by atoms with Gasteiger partial charge < -0.3 is 10.1 Å². The monoisotopic (exact) mass is 416 g/mol. The summed E-state index contributed by atoms with van der Waals surface area (Å²) in [7, 11) is -1.90. The van der Waals surface area contributed by atoms with Crippen LogP contribution >= 0.6 is 0 Å². The highest BCUT2D eigenvalue weighted by atomic mass is 32.2. The third kappa shape index (κ3) is 5.23. The molecule has 0 spiro atoms. The summed E-state index contributed by atoms with van der Waals surface area (Å²) in [5.41, 5.74) is 2.06. The SMILES string of the molecule is COCc1ccc(C(=O)Nc2ccc(S(=O)(=O)N3C[C@H](C)C[C@@H](C)C3)cc2)cc1. The van der Waals surface area contributed by atoms with Gasteiger partial charge in [-0.05, 0) is 60.2 Å². The quantitative estimate of drug-likeness (QED) is 0.778. The van der Waals surface area contributed by atoms with Gasteiger partial charge in [-0.2, -0.15) is 4.31 Å². The number of hydrogen-bond acceptors (Lipinski definition) is 4. The minimum Gasteiger partial charge on any atom is -0.380 e. The van der Waals surface area contributed by atoms with Crippen LogP contribution in [0.15, 0.2) is 53.4 Å². The number of nitrogens with zero attached hydrogens (tertiary/aromatic N) is 1. The molecule has 7 heteroatoms. The van der Waals surface area contributed by atoms with Gasteiger partial charge in [-0.25, -0.2) is 8.42 Å². The summed E-state index contributed by atoms with van der Waals surface area (Å²) in [5.74, 6) is 0.452. The molecule has 1 aliphatic rings. The average Bonchev–Trinajstić information content (AvgIpc) is 2.68. The summed E-state index contributed by atoms with van der Waals surface area (Å²) in [6.07, 6.45) is 1.05. The minimum atomic E-state index is -3.53. The van der Waals surface area contributed by atoms with Crippen LogP contribution in [0.25, 0.3) is 0 Å². The predicted molar refractivity (Wildman–Crippen MR) is 113 cm³/mol. The van der Waals surface area contributed by atoms with E-state index in [1.807, 2.05) is 12.1 Å². The summed E-state index contributed by atoms with van der Waals surface area (Å²) in [5, 5.41) is 2.80. The molecule has 1 aliphatic heterocycles. The number of sulfonamides is 1. The highest BCUT2D eigenvalue weighted by Gasteiger charge is 2.31. The van der Waals surface area contributed by atoms with E-state index >= 15 is 0 Å². The van der Waals surface area contributed by atoms with Gasteiger partial charge in [0.25, 0.3) is 5.91 Å². The molecule has 1 amide bonds. The van der Waals surface area contributed by atoms with Gasteiger partial charge in [-0.15, -0.1) is 0 Å². The summed E-state index contributed by atoms with van der Waals surface area (Å²) in [6, 6.07) is 13.5.